The SMILES string of the molecule is CN1C(=O)[C@@H]2CCC[C@H]1CN(C(=O)NCc1ccc3nonc3c1)C2. The molecule has 2 atom stereocenters. The maximum absolute atomic E-state index is 12.6. The van der Waals surface area contributed by atoms with E-state index in [0.29, 0.717) is 30.7 Å². The third-order valence-corrected chi connectivity index (χ3v) is 5.26. The number of nitrogens with zero attached hydrogens (tertiary/aromatic N) is 4. The molecule has 0 unspecified atom stereocenters. The van der Waals surface area contributed by atoms with E-state index in [0.717, 1.165) is 24.8 Å². The number of hydrogen-bond acceptors (Lipinski definition) is 5. The van der Waals surface area contributed by atoms with Gasteiger partial charge in [-0.25, -0.2) is 9.42 Å². The molecular formula is C17H21N5O3. The zero-order valence-electron chi connectivity index (χ0n) is 14.1. The molecule has 2 fully saturated rings. The van der Waals surface area contributed by atoms with E-state index in [1.807, 2.05) is 30.1 Å². The van der Waals surface area contributed by atoms with E-state index in [4.69, 9.17) is 0 Å². The van der Waals surface area contributed by atoms with E-state index in [2.05, 4.69) is 20.3 Å². The number of rotatable bonds is 2. The van der Waals surface area contributed by atoms with Gasteiger partial charge in [-0.1, -0.05) is 12.5 Å². The van der Waals surface area contributed by atoms with Crippen molar-refractivity contribution in [2.45, 2.75) is 31.8 Å². The lowest BCUT2D eigenvalue weighted by Crippen LogP contribution is -2.46. The Morgan fingerprint density at radius 3 is 3.00 bits per heavy atom. The van der Waals surface area contributed by atoms with Gasteiger partial charge >= 0.3 is 6.03 Å². The maximum atomic E-state index is 12.6. The van der Waals surface area contributed by atoms with Crippen molar-refractivity contribution >= 4 is 23.0 Å². The third kappa shape index (κ3) is 3.04. The first-order valence-electron chi connectivity index (χ1n) is 8.62. The molecule has 8 heteroatoms. The molecule has 0 saturated carbocycles. The van der Waals surface area contributed by atoms with Gasteiger partial charge in [-0.15, -0.1) is 0 Å². The summed E-state index contributed by atoms with van der Waals surface area (Å²) in [6, 6.07) is 5.54. The van der Waals surface area contributed by atoms with Gasteiger partial charge in [0.1, 0.15) is 11.0 Å². The Morgan fingerprint density at radius 1 is 1.28 bits per heavy atom. The fourth-order valence-electron chi connectivity index (χ4n) is 3.76. The lowest BCUT2D eigenvalue weighted by atomic mass is 9.99. The van der Waals surface area contributed by atoms with E-state index < -0.39 is 0 Å². The molecule has 2 aliphatic heterocycles. The molecule has 25 heavy (non-hydrogen) atoms. The van der Waals surface area contributed by atoms with Crippen LogP contribution < -0.4 is 5.32 Å². The molecule has 1 N–H and O–H groups in total. The average Bonchev–Trinajstić information content (AvgIpc) is 2.97. The van der Waals surface area contributed by atoms with Crippen molar-refractivity contribution in [1.29, 1.82) is 0 Å². The number of urea groups is 1. The Morgan fingerprint density at radius 2 is 2.12 bits per heavy atom. The first kappa shape index (κ1) is 15.9. The highest BCUT2D eigenvalue weighted by molar-refractivity contribution is 5.82. The fraction of sp³-hybridized carbons (Fsp3) is 0.529. The number of amides is 3. The van der Waals surface area contributed by atoms with Crippen LogP contribution in [-0.4, -0.2) is 58.2 Å². The zero-order valence-corrected chi connectivity index (χ0v) is 14.1. The van der Waals surface area contributed by atoms with Gasteiger partial charge in [0, 0.05) is 32.7 Å². The van der Waals surface area contributed by atoms with Crippen molar-refractivity contribution in [3.05, 3.63) is 23.8 Å². The molecule has 4 rings (SSSR count). The van der Waals surface area contributed by atoms with Gasteiger partial charge in [0.2, 0.25) is 5.91 Å². The number of nitrogens with one attached hydrogen (secondary N) is 1. The second kappa shape index (κ2) is 6.34. The summed E-state index contributed by atoms with van der Waals surface area (Å²) in [6.07, 6.45) is 2.87. The number of benzene rings is 1. The van der Waals surface area contributed by atoms with Crippen LogP contribution in [0.4, 0.5) is 4.79 Å². The van der Waals surface area contributed by atoms with E-state index in [1.54, 1.807) is 4.90 Å². The van der Waals surface area contributed by atoms with Gasteiger partial charge in [-0.2, -0.15) is 0 Å². The summed E-state index contributed by atoms with van der Waals surface area (Å²) in [7, 11) is 1.86. The summed E-state index contributed by atoms with van der Waals surface area (Å²) in [6.45, 7) is 1.49. The Kier molecular flexibility index (Phi) is 4.03. The van der Waals surface area contributed by atoms with E-state index in [1.165, 1.54) is 0 Å². The molecular weight excluding hydrogens is 322 g/mol. The standard InChI is InChI=1S/C17H21N5O3/c1-21-13-4-2-3-12(16(21)23)9-22(10-13)17(24)18-8-11-5-6-14-15(7-11)20-25-19-14/h5-7,12-13H,2-4,8-10H2,1H3,(H,18,24)/t12-,13+/m1/s1. The van der Waals surface area contributed by atoms with Crippen LogP contribution in [-0.2, 0) is 11.3 Å². The summed E-state index contributed by atoms with van der Waals surface area (Å²) in [4.78, 5) is 28.7. The highest BCUT2D eigenvalue weighted by Gasteiger charge is 2.37. The second-order valence-corrected chi connectivity index (χ2v) is 6.88. The van der Waals surface area contributed by atoms with Crippen molar-refractivity contribution in [3.8, 4) is 0 Å². The summed E-state index contributed by atoms with van der Waals surface area (Å²) >= 11 is 0. The largest absolute Gasteiger partial charge is 0.341 e. The number of likely N-dealkylation sites (N-methyl/N-ethyl adjacent to an activating group) is 1. The summed E-state index contributed by atoms with van der Waals surface area (Å²) in [5.74, 6) is 0.0857. The topological polar surface area (TPSA) is 91.6 Å². The number of likely N-dealkylation sites (tertiary alicyclic amines) is 1. The number of fused-ring (bicyclic) bond motifs is 4. The predicted molar refractivity (Wildman–Crippen MR) is 89.5 cm³/mol. The Bertz CT molecular complexity index is 804. The van der Waals surface area contributed by atoms with Crippen LogP contribution in [0.5, 0.6) is 0 Å². The van der Waals surface area contributed by atoms with Crippen LogP contribution in [0.3, 0.4) is 0 Å². The first-order valence-corrected chi connectivity index (χ1v) is 8.62. The number of carbonyl (C=O) groups excluding carboxylic acids is 2. The van der Waals surface area contributed by atoms with Crippen molar-refractivity contribution in [3.63, 3.8) is 0 Å². The Labute approximate surface area is 145 Å². The summed E-state index contributed by atoms with van der Waals surface area (Å²) in [5, 5.41) is 10.5. The van der Waals surface area contributed by atoms with E-state index >= 15 is 0 Å². The summed E-state index contributed by atoms with van der Waals surface area (Å²) < 4.78 is 4.68. The highest BCUT2D eigenvalue weighted by atomic mass is 16.6. The smallest absolute Gasteiger partial charge is 0.317 e. The molecule has 2 aliphatic rings. The number of hydrogen-bond donors (Lipinski definition) is 1. The Balaban J connectivity index is 1.43. The maximum Gasteiger partial charge on any atom is 0.317 e. The normalized spacial score (nSPS) is 23.6. The number of carbonyl (C=O) groups is 2. The van der Waals surface area contributed by atoms with Crippen LogP contribution in [0.15, 0.2) is 22.8 Å². The van der Waals surface area contributed by atoms with Crippen molar-refractivity contribution < 1.29 is 14.2 Å². The third-order valence-electron chi connectivity index (χ3n) is 5.26. The lowest BCUT2D eigenvalue weighted by Gasteiger charge is -2.29. The van der Waals surface area contributed by atoms with Crippen LogP contribution >= 0.6 is 0 Å². The average molecular weight is 343 g/mol. The molecule has 2 saturated heterocycles. The summed E-state index contributed by atoms with van der Waals surface area (Å²) in [5.41, 5.74) is 2.29. The minimum atomic E-state index is -0.127. The molecule has 1 aromatic carbocycles. The van der Waals surface area contributed by atoms with Gasteiger partial charge in [0.15, 0.2) is 0 Å². The van der Waals surface area contributed by atoms with Crippen molar-refractivity contribution in [2.24, 2.45) is 5.92 Å². The molecule has 0 spiro atoms. The van der Waals surface area contributed by atoms with E-state index in [9.17, 15) is 9.59 Å². The van der Waals surface area contributed by atoms with Crippen molar-refractivity contribution in [1.82, 2.24) is 25.4 Å². The van der Waals surface area contributed by atoms with Gasteiger partial charge in [-0.3, -0.25) is 4.79 Å². The molecule has 3 amide bonds. The minimum absolute atomic E-state index is 0.0826. The molecule has 2 aromatic rings. The molecule has 2 bridgehead atoms. The minimum Gasteiger partial charge on any atom is -0.341 e. The monoisotopic (exact) mass is 343 g/mol. The van der Waals surface area contributed by atoms with Gasteiger partial charge < -0.3 is 15.1 Å². The molecule has 3 heterocycles. The molecule has 0 aliphatic carbocycles. The van der Waals surface area contributed by atoms with E-state index in [-0.39, 0.29) is 23.9 Å². The van der Waals surface area contributed by atoms with Gasteiger partial charge in [-0.05, 0) is 40.9 Å². The van der Waals surface area contributed by atoms with Crippen molar-refractivity contribution in [2.75, 3.05) is 20.1 Å². The highest BCUT2D eigenvalue weighted by Crippen LogP contribution is 2.26. The molecule has 132 valence electrons. The quantitative estimate of drug-likeness (QED) is 0.889. The molecule has 8 nitrogen and oxygen atoms in total. The number of aromatic nitrogens is 2. The fourth-order valence-corrected chi connectivity index (χ4v) is 3.76. The van der Waals surface area contributed by atoms with Gasteiger partial charge in [0.25, 0.3) is 0 Å². The lowest BCUT2D eigenvalue weighted by molar-refractivity contribution is -0.134. The molecule has 0 radical (unpaired) electrons. The van der Waals surface area contributed by atoms with Gasteiger partial charge in [0.05, 0.1) is 5.92 Å². The zero-order chi connectivity index (χ0) is 17.4. The predicted octanol–water partition coefficient (Wildman–Crippen LogP) is 1.38. The Hall–Kier alpha value is -2.64. The van der Waals surface area contributed by atoms with Crippen LogP contribution in [0, 0.1) is 5.92 Å². The van der Waals surface area contributed by atoms with Crippen LogP contribution in [0.2, 0.25) is 0 Å². The first-order chi connectivity index (χ1) is 12.1. The second-order valence-electron chi connectivity index (χ2n) is 6.88. The van der Waals surface area contributed by atoms with Crippen LogP contribution in [0.25, 0.3) is 11.0 Å². The van der Waals surface area contributed by atoms with Crippen LogP contribution in [0.1, 0.15) is 24.8 Å². The molecule has 1 aromatic heterocycles.